The second kappa shape index (κ2) is 17.9. The van der Waals surface area contributed by atoms with Gasteiger partial charge in [-0.05, 0) is 66.9 Å². The maximum Gasteiger partial charge on any atom is 0.229 e. The van der Waals surface area contributed by atoms with Gasteiger partial charge in [0.1, 0.15) is 5.69 Å². The van der Waals surface area contributed by atoms with Crippen molar-refractivity contribution < 1.29 is 9.90 Å². The van der Waals surface area contributed by atoms with Crippen molar-refractivity contribution in [3.63, 3.8) is 0 Å². The van der Waals surface area contributed by atoms with E-state index in [9.17, 15) is 9.90 Å². The molecule has 2 unspecified atom stereocenters. The van der Waals surface area contributed by atoms with E-state index < -0.39 is 0 Å². The van der Waals surface area contributed by atoms with Crippen LogP contribution < -0.4 is 16.0 Å². The molecule has 3 rings (SSSR count). The number of aromatic nitrogens is 2. The Morgan fingerprint density at radius 1 is 1.19 bits per heavy atom. The molecule has 4 N–H and O–H groups in total. The Morgan fingerprint density at radius 2 is 2.02 bits per heavy atom. The summed E-state index contributed by atoms with van der Waals surface area (Å²) in [6.07, 6.45) is 16.9. The standard InChI is InChI=1S/C33H47N7O2/c1-5-9-26(18-19-41)15-14-24(3)37-33-36-23-30(40-34-4)32(39-33)38-29-13-8-12-28(21-29)22-35-31(42)17-16-27-11-7-10-25(6-2)20-27/h8-9,12-15,21,23,25,27,41H,3,5-7,10-11,16-20,22H2,1-2,4H3,(H,35,42)(H2,36,37,38,39)/b15-14-,26-9+,40-34?. The largest absolute Gasteiger partial charge is 0.396 e. The van der Waals surface area contributed by atoms with E-state index in [-0.39, 0.29) is 12.5 Å². The average molecular weight is 574 g/mol. The molecule has 0 spiro atoms. The molecule has 226 valence electrons. The van der Waals surface area contributed by atoms with Gasteiger partial charge in [-0.15, -0.1) is 0 Å². The number of carbonyl (C=O) groups excluding carboxylic acids is 1. The van der Waals surface area contributed by atoms with Crippen LogP contribution in [-0.4, -0.2) is 34.6 Å². The summed E-state index contributed by atoms with van der Waals surface area (Å²) in [4.78, 5) is 21.5. The summed E-state index contributed by atoms with van der Waals surface area (Å²) in [5.74, 6) is 2.46. The zero-order chi connectivity index (χ0) is 30.2. The third kappa shape index (κ3) is 11.2. The molecule has 9 nitrogen and oxygen atoms in total. The maximum absolute atomic E-state index is 12.6. The van der Waals surface area contributed by atoms with Gasteiger partial charge in [-0.2, -0.15) is 15.2 Å². The highest BCUT2D eigenvalue weighted by Gasteiger charge is 2.21. The summed E-state index contributed by atoms with van der Waals surface area (Å²) in [6.45, 7) is 8.93. The van der Waals surface area contributed by atoms with Crippen molar-refractivity contribution in [3.05, 3.63) is 72.1 Å². The van der Waals surface area contributed by atoms with Gasteiger partial charge in [0, 0.05) is 38.0 Å². The molecule has 9 heteroatoms. The van der Waals surface area contributed by atoms with Gasteiger partial charge in [0.25, 0.3) is 0 Å². The summed E-state index contributed by atoms with van der Waals surface area (Å²) in [6, 6.07) is 7.86. The Hall–Kier alpha value is -3.85. The van der Waals surface area contributed by atoms with E-state index in [1.807, 2.05) is 36.4 Å². The predicted molar refractivity (Wildman–Crippen MR) is 171 cm³/mol. The predicted octanol–water partition coefficient (Wildman–Crippen LogP) is 7.75. The topological polar surface area (TPSA) is 124 Å². The number of aliphatic hydroxyl groups excluding tert-OH is 1. The Bertz CT molecular complexity index is 1250. The normalized spacial score (nSPS) is 17.5. The van der Waals surface area contributed by atoms with Gasteiger partial charge < -0.3 is 21.1 Å². The summed E-state index contributed by atoms with van der Waals surface area (Å²) in [5.41, 5.74) is 3.93. The lowest BCUT2D eigenvalue weighted by atomic mass is 9.78. The first-order valence-electron chi connectivity index (χ1n) is 15.2. The lowest BCUT2D eigenvalue weighted by Crippen LogP contribution is -2.24. The molecule has 1 aliphatic rings. The average Bonchev–Trinajstić information content (AvgIpc) is 2.99. The number of anilines is 3. The van der Waals surface area contributed by atoms with Crippen molar-refractivity contribution in [2.45, 2.75) is 78.2 Å². The fourth-order valence-electron chi connectivity index (χ4n) is 5.30. The van der Waals surface area contributed by atoms with Gasteiger partial charge in [0.2, 0.25) is 11.9 Å². The van der Waals surface area contributed by atoms with E-state index in [1.165, 1.54) is 32.1 Å². The maximum atomic E-state index is 12.6. The number of amides is 1. The number of benzene rings is 1. The highest BCUT2D eigenvalue weighted by Crippen LogP contribution is 2.33. The molecular formula is C33H47N7O2. The van der Waals surface area contributed by atoms with Crippen molar-refractivity contribution in [1.82, 2.24) is 15.3 Å². The fraction of sp³-hybridized carbons (Fsp3) is 0.485. The van der Waals surface area contributed by atoms with Crippen LogP contribution in [0.15, 0.2) is 76.8 Å². The number of allylic oxidation sites excluding steroid dienone is 3. The van der Waals surface area contributed by atoms with Crippen LogP contribution >= 0.6 is 0 Å². The third-order valence-electron chi connectivity index (χ3n) is 7.54. The minimum Gasteiger partial charge on any atom is -0.396 e. The highest BCUT2D eigenvalue weighted by atomic mass is 16.3. The molecule has 1 amide bonds. The number of hydrogen-bond acceptors (Lipinski definition) is 8. The quantitative estimate of drug-likeness (QED) is 0.120. The molecule has 0 radical (unpaired) electrons. The number of carbonyl (C=O) groups is 1. The van der Waals surface area contributed by atoms with E-state index >= 15 is 0 Å². The molecular weight excluding hydrogens is 526 g/mol. The minimum absolute atomic E-state index is 0.0924. The molecule has 1 aliphatic carbocycles. The number of aliphatic hydroxyl groups is 1. The van der Waals surface area contributed by atoms with Crippen LogP contribution in [0.25, 0.3) is 0 Å². The molecule has 0 saturated heterocycles. The van der Waals surface area contributed by atoms with Gasteiger partial charge in [-0.25, -0.2) is 4.98 Å². The molecule has 1 aromatic carbocycles. The van der Waals surface area contributed by atoms with Gasteiger partial charge in [-0.1, -0.05) is 70.4 Å². The lowest BCUT2D eigenvalue weighted by Gasteiger charge is -2.28. The second-order valence-corrected chi connectivity index (χ2v) is 10.8. The Morgan fingerprint density at radius 3 is 2.79 bits per heavy atom. The molecule has 0 aliphatic heterocycles. The fourth-order valence-corrected chi connectivity index (χ4v) is 5.30. The van der Waals surface area contributed by atoms with Gasteiger partial charge in [0.05, 0.1) is 6.20 Å². The van der Waals surface area contributed by atoms with E-state index in [1.54, 1.807) is 13.2 Å². The Balaban J connectivity index is 1.60. The summed E-state index contributed by atoms with van der Waals surface area (Å²) < 4.78 is 0. The number of nitrogens with zero attached hydrogens (tertiary/aromatic N) is 4. The van der Waals surface area contributed by atoms with Crippen LogP contribution in [0.3, 0.4) is 0 Å². The first kappa shape index (κ1) is 32.7. The molecule has 2 aromatic rings. The van der Waals surface area contributed by atoms with Crippen molar-refractivity contribution in [2.24, 2.45) is 22.1 Å². The van der Waals surface area contributed by atoms with Crippen LogP contribution in [0.1, 0.15) is 77.2 Å². The Kier molecular flexibility index (Phi) is 13.9. The van der Waals surface area contributed by atoms with Gasteiger partial charge >= 0.3 is 0 Å². The molecule has 1 fully saturated rings. The Labute approximate surface area is 250 Å². The van der Waals surface area contributed by atoms with Crippen LogP contribution in [0.5, 0.6) is 0 Å². The summed E-state index contributed by atoms with van der Waals surface area (Å²) in [7, 11) is 1.59. The summed E-state index contributed by atoms with van der Waals surface area (Å²) in [5, 5.41) is 26.8. The monoisotopic (exact) mass is 573 g/mol. The number of rotatable bonds is 16. The van der Waals surface area contributed by atoms with Gasteiger partial charge in [-0.3, -0.25) is 4.79 Å². The first-order chi connectivity index (χ1) is 20.4. The number of azo groups is 1. The molecule has 1 saturated carbocycles. The van der Waals surface area contributed by atoms with Crippen LogP contribution in [0.2, 0.25) is 0 Å². The molecule has 2 atom stereocenters. The van der Waals surface area contributed by atoms with E-state index in [4.69, 9.17) is 0 Å². The van der Waals surface area contributed by atoms with Crippen LogP contribution in [0, 0.1) is 11.8 Å². The van der Waals surface area contributed by atoms with Crippen molar-refractivity contribution in [2.75, 3.05) is 24.3 Å². The molecule has 0 bridgehead atoms. The van der Waals surface area contributed by atoms with Crippen molar-refractivity contribution in [3.8, 4) is 0 Å². The summed E-state index contributed by atoms with van der Waals surface area (Å²) >= 11 is 0. The van der Waals surface area contributed by atoms with Gasteiger partial charge in [0.15, 0.2) is 5.82 Å². The molecule has 1 aromatic heterocycles. The van der Waals surface area contributed by atoms with E-state index in [2.05, 4.69) is 62.6 Å². The molecule has 42 heavy (non-hydrogen) atoms. The SMILES string of the molecule is C=C(/C=C\C(=C/CC)CCO)Nc1ncc(N=NC)c(Nc2cccc(CNC(=O)CCC3CCCC(CC)C3)c2)n1. The van der Waals surface area contributed by atoms with Crippen molar-refractivity contribution >= 4 is 29.0 Å². The molecule has 1 heterocycles. The van der Waals surface area contributed by atoms with Crippen LogP contribution in [-0.2, 0) is 11.3 Å². The zero-order valence-corrected chi connectivity index (χ0v) is 25.4. The number of nitrogens with one attached hydrogen (secondary N) is 3. The van der Waals surface area contributed by atoms with E-state index in [0.717, 1.165) is 35.6 Å². The smallest absolute Gasteiger partial charge is 0.229 e. The van der Waals surface area contributed by atoms with Crippen molar-refractivity contribution in [1.29, 1.82) is 0 Å². The van der Waals surface area contributed by atoms with Crippen LogP contribution in [0.4, 0.5) is 23.1 Å². The second-order valence-electron chi connectivity index (χ2n) is 10.8. The third-order valence-corrected chi connectivity index (χ3v) is 7.54. The first-order valence-corrected chi connectivity index (χ1v) is 15.2. The minimum atomic E-state index is 0.0924. The zero-order valence-electron chi connectivity index (χ0n) is 25.4. The van der Waals surface area contributed by atoms with E-state index in [0.29, 0.717) is 48.5 Å². The lowest BCUT2D eigenvalue weighted by molar-refractivity contribution is -0.121. The highest BCUT2D eigenvalue weighted by molar-refractivity contribution is 5.76. The number of hydrogen-bond donors (Lipinski definition) is 4.